The molecule has 7 nitrogen and oxygen atoms in total. The van der Waals surface area contributed by atoms with E-state index in [1.807, 2.05) is 0 Å². The Kier molecular flexibility index (Phi) is 7.36. The summed E-state index contributed by atoms with van der Waals surface area (Å²) in [6.07, 6.45) is 0. The highest BCUT2D eigenvalue weighted by atomic mass is 16.5. The van der Waals surface area contributed by atoms with Gasteiger partial charge >= 0.3 is 5.97 Å². The molecule has 1 atom stereocenters. The summed E-state index contributed by atoms with van der Waals surface area (Å²) in [6.45, 7) is 9.37. The molecule has 1 aromatic heterocycles. The van der Waals surface area contributed by atoms with Crippen LogP contribution in [0.3, 0.4) is 0 Å². The molecule has 0 unspecified atom stereocenters. The Morgan fingerprint density at radius 2 is 1.72 bits per heavy atom. The number of amides is 1. The monoisotopic (exact) mass is 352 g/mol. The van der Waals surface area contributed by atoms with Gasteiger partial charge in [-0.05, 0) is 26.3 Å². The molecule has 0 fully saturated rings. The zero-order valence-electron chi connectivity index (χ0n) is 16.1. The number of methoxy groups -OCH3 is 2. The summed E-state index contributed by atoms with van der Waals surface area (Å²) in [6, 6.07) is -0.663. The van der Waals surface area contributed by atoms with E-state index in [2.05, 4.69) is 4.98 Å². The number of hydrogen-bond acceptors (Lipinski definition) is 5. The van der Waals surface area contributed by atoms with Gasteiger partial charge in [0.25, 0.3) is 0 Å². The van der Waals surface area contributed by atoms with Gasteiger partial charge in [-0.15, -0.1) is 0 Å². The summed E-state index contributed by atoms with van der Waals surface area (Å²) in [5.41, 5.74) is 1.80. The van der Waals surface area contributed by atoms with E-state index < -0.39 is 12.0 Å². The smallest absolute Gasteiger partial charge is 0.354 e. The second kappa shape index (κ2) is 8.80. The molecule has 25 heavy (non-hydrogen) atoms. The SMILES string of the molecule is COCCN(C(=O)C(C)C)[C@@H](C)C(=O)c1c(C)[nH]c(C(=O)OC)c1C. The molecule has 140 valence electrons. The lowest BCUT2D eigenvalue weighted by Crippen LogP contribution is -2.46. The first-order valence-corrected chi connectivity index (χ1v) is 8.28. The Bertz CT molecular complexity index is 648. The number of ketones is 1. The van der Waals surface area contributed by atoms with Crippen molar-refractivity contribution in [1.82, 2.24) is 9.88 Å². The summed E-state index contributed by atoms with van der Waals surface area (Å²) in [7, 11) is 2.84. The normalized spacial score (nSPS) is 12.2. The zero-order valence-corrected chi connectivity index (χ0v) is 16.1. The number of carbonyl (C=O) groups is 3. The number of aromatic amines is 1. The highest BCUT2D eigenvalue weighted by molar-refractivity contribution is 6.06. The molecule has 1 heterocycles. The summed E-state index contributed by atoms with van der Waals surface area (Å²) in [5.74, 6) is -1.09. The Labute approximate surface area is 148 Å². The molecule has 0 aliphatic heterocycles. The maximum absolute atomic E-state index is 13.0. The molecule has 1 aromatic rings. The van der Waals surface area contributed by atoms with Crippen molar-refractivity contribution in [3.8, 4) is 0 Å². The van der Waals surface area contributed by atoms with Gasteiger partial charge in [-0.1, -0.05) is 13.8 Å². The number of nitrogens with zero attached hydrogens (tertiary/aromatic N) is 1. The topological polar surface area (TPSA) is 88.7 Å². The average molecular weight is 352 g/mol. The van der Waals surface area contributed by atoms with Crippen LogP contribution in [0, 0.1) is 19.8 Å². The number of ether oxygens (including phenoxy) is 2. The van der Waals surface area contributed by atoms with Crippen molar-refractivity contribution < 1.29 is 23.9 Å². The van der Waals surface area contributed by atoms with Gasteiger partial charge in [-0.3, -0.25) is 9.59 Å². The van der Waals surface area contributed by atoms with E-state index >= 15 is 0 Å². The zero-order chi connectivity index (χ0) is 19.3. The van der Waals surface area contributed by atoms with E-state index in [0.29, 0.717) is 30.0 Å². The van der Waals surface area contributed by atoms with Crippen LogP contribution in [-0.2, 0) is 14.3 Å². The minimum atomic E-state index is -0.663. The first kappa shape index (κ1) is 20.9. The molecule has 0 bridgehead atoms. The lowest BCUT2D eigenvalue weighted by atomic mass is 9.99. The molecule has 0 radical (unpaired) electrons. The predicted molar refractivity (Wildman–Crippen MR) is 93.8 cm³/mol. The fraction of sp³-hybridized carbons (Fsp3) is 0.611. The largest absolute Gasteiger partial charge is 0.464 e. The molecule has 0 aromatic carbocycles. The fourth-order valence-corrected chi connectivity index (χ4v) is 2.79. The van der Waals surface area contributed by atoms with Crippen LogP contribution in [-0.4, -0.2) is 61.0 Å². The predicted octanol–water partition coefficient (Wildman–Crippen LogP) is 2.12. The molecule has 1 N–H and O–H groups in total. The number of hydrogen-bond donors (Lipinski definition) is 1. The highest BCUT2D eigenvalue weighted by Crippen LogP contribution is 2.22. The van der Waals surface area contributed by atoms with Gasteiger partial charge in [-0.2, -0.15) is 0 Å². The van der Waals surface area contributed by atoms with Gasteiger partial charge in [0, 0.05) is 30.8 Å². The van der Waals surface area contributed by atoms with Crippen molar-refractivity contribution in [3.05, 3.63) is 22.5 Å². The Hall–Kier alpha value is -2.15. The van der Waals surface area contributed by atoms with Gasteiger partial charge in [0.1, 0.15) is 5.69 Å². The number of aryl methyl sites for hydroxylation is 1. The van der Waals surface area contributed by atoms with Gasteiger partial charge in [-0.25, -0.2) is 4.79 Å². The van der Waals surface area contributed by atoms with Crippen LogP contribution in [0.2, 0.25) is 0 Å². The standard InChI is InChI=1S/C18H28N2O5/c1-10(2)17(22)20(8-9-24-6)13(5)16(21)14-11(3)15(18(23)25-7)19-12(14)4/h10,13,19H,8-9H2,1-7H3/t13-/m0/s1. The number of Topliss-reactive ketones (excluding diaryl/α,β-unsaturated/α-hetero) is 1. The van der Waals surface area contributed by atoms with E-state index in [0.717, 1.165) is 0 Å². The third kappa shape index (κ3) is 4.48. The lowest BCUT2D eigenvalue weighted by Gasteiger charge is -2.30. The minimum absolute atomic E-state index is 0.114. The van der Waals surface area contributed by atoms with E-state index in [9.17, 15) is 14.4 Å². The summed E-state index contributed by atoms with van der Waals surface area (Å²) >= 11 is 0. The van der Waals surface area contributed by atoms with Crippen molar-refractivity contribution in [2.45, 2.75) is 40.7 Å². The third-order valence-electron chi connectivity index (χ3n) is 4.23. The van der Waals surface area contributed by atoms with Crippen molar-refractivity contribution in [2.24, 2.45) is 5.92 Å². The van der Waals surface area contributed by atoms with Crippen LogP contribution in [0.15, 0.2) is 0 Å². The summed E-state index contributed by atoms with van der Waals surface area (Å²) in [4.78, 5) is 41.8. The lowest BCUT2D eigenvalue weighted by molar-refractivity contribution is -0.136. The Balaban J connectivity index is 3.21. The molecule has 0 saturated heterocycles. The van der Waals surface area contributed by atoms with Gasteiger partial charge in [0.05, 0.1) is 19.8 Å². The molecule has 0 spiro atoms. The van der Waals surface area contributed by atoms with Crippen molar-refractivity contribution in [2.75, 3.05) is 27.4 Å². The Morgan fingerprint density at radius 3 is 2.20 bits per heavy atom. The van der Waals surface area contributed by atoms with Crippen LogP contribution in [0.4, 0.5) is 0 Å². The van der Waals surface area contributed by atoms with E-state index in [1.165, 1.54) is 12.0 Å². The number of aromatic nitrogens is 1. The van der Waals surface area contributed by atoms with E-state index in [4.69, 9.17) is 9.47 Å². The minimum Gasteiger partial charge on any atom is -0.464 e. The first-order valence-electron chi connectivity index (χ1n) is 8.28. The molecule has 7 heteroatoms. The molecular formula is C18H28N2O5. The van der Waals surface area contributed by atoms with Crippen molar-refractivity contribution >= 4 is 17.7 Å². The highest BCUT2D eigenvalue weighted by Gasteiger charge is 2.31. The van der Waals surface area contributed by atoms with Crippen LogP contribution >= 0.6 is 0 Å². The molecule has 0 aliphatic rings. The maximum atomic E-state index is 13.0. The second-order valence-electron chi connectivity index (χ2n) is 6.34. The number of H-pyrrole nitrogens is 1. The maximum Gasteiger partial charge on any atom is 0.354 e. The van der Waals surface area contributed by atoms with E-state index in [-0.39, 0.29) is 23.3 Å². The van der Waals surface area contributed by atoms with Crippen molar-refractivity contribution in [1.29, 1.82) is 0 Å². The number of nitrogens with one attached hydrogen (secondary N) is 1. The molecule has 0 saturated carbocycles. The Morgan fingerprint density at radius 1 is 1.12 bits per heavy atom. The van der Waals surface area contributed by atoms with Gasteiger partial charge < -0.3 is 19.4 Å². The van der Waals surface area contributed by atoms with Crippen LogP contribution in [0.25, 0.3) is 0 Å². The van der Waals surface area contributed by atoms with Crippen molar-refractivity contribution in [3.63, 3.8) is 0 Å². The van der Waals surface area contributed by atoms with Gasteiger partial charge in [0.2, 0.25) is 5.91 Å². The fourth-order valence-electron chi connectivity index (χ4n) is 2.79. The second-order valence-corrected chi connectivity index (χ2v) is 6.34. The molecule has 1 rings (SSSR count). The summed E-state index contributed by atoms with van der Waals surface area (Å²) in [5, 5.41) is 0. The number of carbonyl (C=O) groups excluding carboxylic acids is 3. The third-order valence-corrected chi connectivity index (χ3v) is 4.23. The molecule has 1 amide bonds. The summed E-state index contributed by atoms with van der Waals surface area (Å²) < 4.78 is 9.80. The first-order chi connectivity index (χ1) is 11.7. The van der Waals surface area contributed by atoms with Crippen LogP contribution in [0.5, 0.6) is 0 Å². The molecule has 0 aliphatic carbocycles. The number of esters is 1. The van der Waals surface area contributed by atoms with Gasteiger partial charge in [0.15, 0.2) is 5.78 Å². The number of rotatable bonds is 8. The van der Waals surface area contributed by atoms with E-state index in [1.54, 1.807) is 41.7 Å². The average Bonchev–Trinajstić information content (AvgIpc) is 2.87. The van der Waals surface area contributed by atoms with Crippen LogP contribution in [0.1, 0.15) is 52.9 Å². The molecular weight excluding hydrogens is 324 g/mol. The quantitative estimate of drug-likeness (QED) is 0.572. The van der Waals surface area contributed by atoms with Crippen LogP contribution < -0.4 is 0 Å².